The van der Waals surface area contributed by atoms with Crippen LogP contribution in [0.15, 0.2) is 12.8 Å². The van der Waals surface area contributed by atoms with Gasteiger partial charge in [-0.25, -0.2) is 4.79 Å². The van der Waals surface area contributed by atoms with Gasteiger partial charge in [0.15, 0.2) is 0 Å². The highest BCUT2D eigenvalue weighted by Crippen LogP contribution is 2.28. The maximum atomic E-state index is 11.5. The number of rotatable bonds is 9. The zero-order valence-corrected chi connectivity index (χ0v) is 11.9. The number of carbonyl (C=O) groups excluding carboxylic acids is 1. The van der Waals surface area contributed by atoms with E-state index in [9.17, 15) is 4.79 Å². The summed E-state index contributed by atoms with van der Waals surface area (Å²) in [5.74, 6) is 0. The molecule has 1 aliphatic heterocycles. The van der Waals surface area contributed by atoms with Crippen molar-refractivity contribution < 1.29 is 9.53 Å². The number of carbonyl (C=O) groups is 1. The van der Waals surface area contributed by atoms with Crippen molar-refractivity contribution in [3.8, 4) is 0 Å². The predicted molar refractivity (Wildman–Crippen MR) is 74.4 cm³/mol. The molecule has 0 aromatic rings. The molecule has 18 heavy (non-hydrogen) atoms. The lowest BCUT2D eigenvalue weighted by Gasteiger charge is -2.21. The van der Waals surface area contributed by atoms with Gasteiger partial charge in [-0.2, -0.15) is 0 Å². The van der Waals surface area contributed by atoms with E-state index in [1.54, 1.807) is 11.1 Å². The topological polar surface area (TPSA) is 29.5 Å². The van der Waals surface area contributed by atoms with Crippen LogP contribution >= 0.6 is 0 Å². The maximum absolute atomic E-state index is 11.5. The second-order valence-corrected chi connectivity index (χ2v) is 5.50. The summed E-state index contributed by atoms with van der Waals surface area (Å²) in [4.78, 5) is 13.0. The highest BCUT2D eigenvalue weighted by molar-refractivity contribution is 5.71. The Morgan fingerprint density at radius 3 is 2.44 bits per heavy atom. The lowest BCUT2D eigenvalue weighted by molar-refractivity contribution is 0.0627. The van der Waals surface area contributed by atoms with E-state index in [1.807, 2.05) is 6.92 Å². The summed E-state index contributed by atoms with van der Waals surface area (Å²) in [7, 11) is 0. The first-order valence-corrected chi connectivity index (χ1v) is 7.23. The van der Waals surface area contributed by atoms with Crippen molar-refractivity contribution in [2.75, 3.05) is 6.54 Å². The first kappa shape index (κ1) is 15.1. The van der Waals surface area contributed by atoms with Crippen LogP contribution in [0.2, 0.25) is 0 Å². The Morgan fingerprint density at radius 2 is 1.89 bits per heavy atom. The van der Waals surface area contributed by atoms with Gasteiger partial charge in [0.1, 0.15) is 5.60 Å². The summed E-state index contributed by atoms with van der Waals surface area (Å²) in [5.41, 5.74) is -0.311. The highest BCUT2D eigenvalue weighted by Gasteiger charge is 2.39. The molecule has 1 heterocycles. The van der Waals surface area contributed by atoms with E-state index in [0.29, 0.717) is 6.54 Å². The fourth-order valence-corrected chi connectivity index (χ4v) is 2.45. The third-order valence-corrected chi connectivity index (χ3v) is 3.60. The monoisotopic (exact) mass is 253 g/mol. The molecule has 1 fully saturated rings. The van der Waals surface area contributed by atoms with Crippen molar-refractivity contribution in [1.29, 1.82) is 0 Å². The van der Waals surface area contributed by atoms with E-state index < -0.39 is 0 Å². The summed E-state index contributed by atoms with van der Waals surface area (Å²) in [6.45, 7) is 8.52. The Kier molecular flexibility index (Phi) is 6.23. The molecule has 0 radical (unpaired) electrons. The third kappa shape index (κ3) is 4.71. The van der Waals surface area contributed by atoms with Crippen molar-refractivity contribution in [3.63, 3.8) is 0 Å². The van der Waals surface area contributed by atoms with Crippen LogP contribution in [0, 0.1) is 0 Å². The molecule has 3 nitrogen and oxygen atoms in total. The largest absolute Gasteiger partial charge is 0.441 e. The Hall–Kier alpha value is -0.990. The average molecular weight is 253 g/mol. The molecule has 1 unspecified atom stereocenters. The minimum atomic E-state index is -0.311. The molecular weight excluding hydrogens is 226 g/mol. The average Bonchev–Trinajstić information content (AvgIpc) is 2.63. The second kappa shape index (κ2) is 7.45. The van der Waals surface area contributed by atoms with Gasteiger partial charge in [0.2, 0.25) is 0 Å². The zero-order chi connectivity index (χ0) is 13.4. The molecule has 0 aliphatic carbocycles. The minimum Gasteiger partial charge on any atom is -0.441 e. The first-order chi connectivity index (χ1) is 8.61. The normalized spacial score (nSPS) is 23.2. The quantitative estimate of drug-likeness (QED) is 0.567. The van der Waals surface area contributed by atoms with Crippen molar-refractivity contribution in [1.82, 2.24) is 4.90 Å². The molecular formula is C15H27NO2. The van der Waals surface area contributed by atoms with Gasteiger partial charge in [-0.3, -0.25) is 4.90 Å². The molecule has 3 heteroatoms. The maximum Gasteiger partial charge on any atom is 0.414 e. The van der Waals surface area contributed by atoms with E-state index in [1.165, 1.54) is 38.5 Å². The predicted octanol–water partition coefficient (Wildman–Crippen LogP) is 4.48. The third-order valence-electron chi connectivity index (χ3n) is 3.60. The van der Waals surface area contributed by atoms with Gasteiger partial charge in [-0.05, 0) is 19.8 Å². The molecule has 1 saturated heterocycles. The number of cyclic esters (lactones) is 1. The van der Waals surface area contributed by atoms with Crippen LogP contribution in [0.3, 0.4) is 0 Å². The van der Waals surface area contributed by atoms with Crippen LogP contribution in [0.25, 0.3) is 0 Å². The number of unbranched alkanes of at least 4 members (excludes halogenated alkanes) is 6. The molecule has 1 rings (SSSR count). The van der Waals surface area contributed by atoms with Gasteiger partial charge in [0.05, 0.1) is 6.54 Å². The number of nitrogens with zero attached hydrogens (tertiary/aromatic N) is 1. The van der Waals surface area contributed by atoms with E-state index >= 15 is 0 Å². The Bertz CT molecular complexity index is 278. The Balaban J connectivity index is 2.12. The molecule has 0 aromatic carbocycles. The van der Waals surface area contributed by atoms with Gasteiger partial charge in [0, 0.05) is 6.20 Å². The van der Waals surface area contributed by atoms with Gasteiger partial charge in [-0.15, -0.1) is 0 Å². The number of ether oxygens (including phenoxy) is 1. The molecule has 0 aromatic heterocycles. The van der Waals surface area contributed by atoms with Crippen LogP contribution in [0.5, 0.6) is 0 Å². The summed E-state index contributed by atoms with van der Waals surface area (Å²) in [6.07, 6.45) is 11.3. The molecule has 0 N–H and O–H groups in total. The molecule has 0 bridgehead atoms. The fourth-order valence-electron chi connectivity index (χ4n) is 2.45. The van der Waals surface area contributed by atoms with E-state index in [4.69, 9.17) is 4.74 Å². The standard InChI is InChI=1S/C15H27NO2/c1-4-6-7-8-9-10-11-12-15(3)13-16(5-2)14(17)18-15/h5H,2,4,6-13H2,1,3H3. The number of amides is 1. The molecule has 0 saturated carbocycles. The Labute approximate surface area is 111 Å². The molecule has 104 valence electrons. The molecule has 0 spiro atoms. The van der Waals surface area contributed by atoms with Gasteiger partial charge in [-0.1, -0.05) is 52.0 Å². The minimum absolute atomic E-state index is 0.254. The lowest BCUT2D eigenvalue weighted by Crippen LogP contribution is -2.29. The smallest absolute Gasteiger partial charge is 0.414 e. The lowest BCUT2D eigenvalue weighted by atomic mass is 9.97. The van der Waals surface area contributed by atoms with Crippen molar-refractivity contribution in [3.05, 3.63) is 12.8 Å². The van der Waals surface area contributed by atoms with Crippen LogP contribution in [-0.2, 0) is 4.74 Å². The molecule has 1 amide bonds. The molecule has 1 aliphatic rings. The number of hydrogen-bond donors (Lipinski definition) is 0. The Morgan fingerprint density at radius 1 is 1.28 bits per heavy atom. The summed E-state index contributed by atoms with van der Waals surface area (Å²) in [6, 6.07) is 0. The summed E-state index contributed by atoms with van der Waals surface area (Å²) < 4.78 is 5.41. The summed E-state index contributed by atoms with van der Waals surface area (Å²) in [5, 5.41) is 0. The number of hydrogen-bond acceptors (Lipinski definition) is 2. The van der Waals surface area contributed by atoms with E-state index in [-0.39, 0.29) is 11.7 Å². The fraction of sp³-hybridized carbons (Fsp3) is 0.800. The molecule has 1 atom stereocenters. The van der Waals surface area contributed by atoms with Crippen LogP contribution < -0.4 is 0 Å². The van der Waals surface area contributed by atoms with Crippen LogP contribution in [0.4, 0.5) is 4.79 Å². The van der Waals surface area contributed by atoms with Crippen molar-refractivity contribution in [2.24, 2.45) is 0 Å². The van der Waals surface area contributed by atoms with Crippen molar-refractivity contribution >= 4 is 6.09 Å². The van der Waals surface area contributed by atoms with Gasteiger partial charge in [0.25, 0.3) is 0 Å². The van der Waals surface area contributed by atoms with Crippen LogP contribution in [0.1, 0.15) is 65.2 Å². The summed E-state index contributed by atoms with van der Waals surface area (Å²) >= 11 is 0. The SMILES string of the molecule is C=CN1CC(C)(CCCCCCCCC)OC1=O. The van der Waals surface area contributed by atoms with E-state index in [2.05, 4.69) is 13.5 Å². The van der Waals surface area contributed by atoms with Crippen molar-refractivity contribution in [2.45, 2.75) is 70.8 Å². The van der Waals surface area contributed by atoms with Gasteiger partial charge < -0.3 is 4.74 Å². The zero-order valence-electron chi connectivity index (χ0n) is 11.9. The highest BCUT2D eigenvalue weighted by atomic mass is 16.6. The van der Waals surface area contributed by atoms with E-state index in [0.717, 1.165) is 12.8 Å². The second-order valence-electron chi connectivity index (χ2n) is 5.50. The van der Waals surface area contributed by atoms with Gasteiger partial charge >= 0.3 is 6.09 Å². The van der Waals surface area contributed by atoms with Crippen LogP contribution in [-0.4, -0.2) is 23.1 Å². The first-order valence-electron chi connectivity index (χ1n) is 7.23.